The summed E-state index contributed by atoms with van der Waals surface area (Å²) in [6.07, 6.45) is 1.28. The number of nitrogens with zero attached hydrogens (tertiary/aromatic N) is 1. The van der Waals surface area contributed by atoms with Crippen molar-refractivity contribution >= 4 is 23.1 Å². The summed E-state index contributed by atoms with van der Waals surface area (Å²) in [5, 5.41) is 2.90. The fourth-order valence-corrected chi connectivity index (χ4v) is 1.39. The highest BCUT2D eigenvalue weighted by molar-refractivity contribution is 5.94. The van der Waals surface area contributed by atoms with Crippen LogP contribution in [-0.2, 0) is 0 Å². The molecule has 0 saturated heterocycles. The van der Waals surface area contributed by atoms with Gasteiger partial charge < -0.3 is 11.1 Å². The molecule has 0 spiro atoms. The third-order valence-electron chi connectivity index (χ3n) is 2.38. The fraction of sp³-hybridized carbons (Fsp3) is 0.0833. The number of carbonyl (C=O) groups excluding carboxylic acids is 1. The molecule has 0 amide bonds. The van der Waals surface area contributed by atoms with Gasteiger partial charge in [0.1, 0.15) is 5.69 Å². The highest BCUT2D eigenvalue weighted by Gasteiger charge is 2.01. The lowest BCUT2D eigenvalue weighted by atomic mass is 10.1. The zero-order valence-electron chi connectivity index (χ0n) is 9.73. The summed E-state index contributed by atoms with van der Waals surface area (Å²) in [5.74, 6) is 0.297. The number of aromatic amines is 1. The molecule has 18 heavy (non-hydrogen) atoms. The van der Waals surface area contributed by atoms with E-state index in [0.717, 1.165) is 0 Å². The smallest absolute Gasteiger partial charge is 0.275 e. The van der Waals surface area contributed by atoms with E-state index in [9.17, 15) is 9.59 Å². The Morgan fingerprint density at radius 3 is 2.56 bits per heavy atom. The summed E-state index contributed by atoms with van der Waals surface area (Å²) in [6.45, 7) is 1.50. The van der Waals surface area contributed by atoms with Crippen molar-refractivity contribution in [3.8, 4) is 0 Å². The van der Waals surface area contributed by atoms with Gasteiger partial charge in [0.25, 0.3) is 5.56 Å². The second-order valence-corrected chi connectivity index (χ2v) is 3.77. The maximum atomic E-state index is 11.3. The molecule has 0 unspecified atom stereocenters. The number of carbonyl (C=O) groups is 1. The average Bonchev–Trinajstić information content (AvgIpc) is 2.34. The number of nitrogens with one attached hydrogen (secondary N) is 2. The number of nitrogen functional groups attached to an aromatic ring is 1. The second-order valence-electron chi connectivity index (χ2n) is 3.77. The number of hydrogen-bond donors (Lipinski definition) is 3. The third-order valence-corrected chi connectivity index (χ3v) is 2.38. The Balaban J connectivity index is 2.20. The minimum absolute atomic E-state index is 0.000525. The molecule has 1 aromatic heterocycles. The first-order chi connectivity index (χ1) is 8.56. The van der Waals surface area contributed by atoms with Crippen LogP contribution in [0.25, 0.3) is 0 Å². The monoisotopic (exact) mass is 244 g/mol. The standard InChI is InChI=1S/C12H12N4O2/c1-7(17)8-2-4-9(5-3-8)15-12-14-6-10(13)11(18)16-12/h2-6H,13H2,1H3,(H2,14,15,16,18). The van der Waals surface area contributed by atoms with Gasteiger partial charge in [-0.15, -0.1) is 0 Å². The Kier molecular flexibility index (Phi) is 3.09. The van der Waals surface area contributed by atoms with Gasteiger partial charge in [-0.25, -0.2) is 4.98 Å². The van der Waals surface area contributed by atoms with Crippen LogP contribution in [0.5, 0.6) is 0 Å². The number of nitrogens with two attached hydrogens (primary N) is 1. The van der Waals surface area contributed by atoms with Crippen molar-refractivity contribution < 1.29 is 4.79 Å². The third kappa shape index (κ3) is 2.54. The minimum atomic E-state index is -0.396. The van der Waals surface area contributed by atoms with Gasteiger partial charge in [-0.1, -0.05) is 0 Å². The van der Waals surface area contributed by atoms with Gasteiger partial charge in [0.05, 0.1) is 6.20 Å². The number of hydrogen-bond acceptors (Lipinski definition) is 5. The molecule has 1 aromatic carbocycles. The first kappa shape index (κ1) is 11.8. The summed E-state index contributed by atoms with van der Waals surface area (Å²) in [6, 6.07) is 6.85. The molecule has 0 fully saturated rings. The van der Waals surface area contributed by atoms with Crippen LogP contribution in [-0.4, -0.2) is 15.8 Å². The van der Waals surface area contributed by atoms with Gasteiger partial charge in [0.2, 0.25) is 5.95 Å². The largest absolute Gasteiger partial charge is 0.393 e. The molecule has 0 bridgehead atoms. The van der Waals surface area contributed by atoms with Crippen LogP contribution >= 0.6 is 0 Å². The molecule has 0 saturated carbocycles. The van der Waals surface area contributed by atoms with Gasteiger partial charge >= 0.3 is 0 Å². The van der Waals surface area contributed by atoms with E-state index in [1.807, 2.05) is 0 Å². The Bertz CT molecular complexity index is 631. The van der Waals surface area contributed by atoms with Crippen molar-refractivity contribution in [2.45, 2.75) is 6.92 Å². The Labute approximate surface area is 103 Å². The lowest BCUT2D eigenvalue weighted by Crippen LogP contribution is -2.14. The molecular formula is C12H12N4O2. The molecule has 6 heteroatoms. The van der Waals surface area contributed by atoms with E-state index < -0.39 is 5.56 Å². The number of aromatic nitrogens is 2. The van der Waals surface area contributed by atoms with E-state index in [-0.39, 0.29) is 11.5 Å². The lowest BCUT2D eigenvalue weighted by Gasteiger charge is -2.05. The Hall–Kier alpha value is -2.63. The molecule has 4 N–H and O–H groups in total. The van der Waals surface area contributed by atoms with E-state index >= 15 is 0 Å². The molecule has 0 aliphatic heterocycles. The van der Waals surface area contributed by atoms with Crippen molar-refractivity contribution in [2.75, 3.05) is 11.1 Å². The lowest BCUT2D eigenvalue weighted by molar-refractivity contribution is 0.101. The highest BCUT2D eigenvalue weighted by Crippen LogP contribution is 2.13. The van der Waals surface area contributed by atoms with Crippen LogP contribution < -0.4 is 16.6 Å². The van der Waals surface area contributed by atoms with Gasteiger partial charge in [0, 0.05) is 11.3 Å². The first-order valence-electron chi connectivity index (χ1n) is 5.29. The minimum Gasteiger partial charge on any atom is -0.393 e. The predicted octanol–water partition coefficient (Wildman–Crippen LogP) is 1.30. The Morgan fingerprint density at radius 1 is 1.33 bits per heavy atom. The quantitative estimate of drug-likeness (QED) is 0.706. The van der Waals surface area contributed by atoms with Gasteiger partial charge in [-0.05, 0) is 31.2 Å². The number of H-pyrrole nitrogens is 1. The van der Waals surface area contributed by atoms with Crippen LogP contribution in [0.15, 0.2) is 35.3 Å². The van der Waals surface area contributed by atoms with Crippen molar-refractivity contribution in [2.24, 2.45) is 0 Å². The SMILES string of the molecule is CC(=O)c1ccc(Nc2ncc(N)c(=O)[nH]2)cc1. The number of anilines is 3. The first-order valence-corrected chi connectivity index (χ1v) is 5.29. The van der Waals surface area contributed by atoms with E-state index in [0.29, 0.717) is 17.2 Å². The summed E-state index contributed by atoms with van der Waals surface area (Å²) < 4.78 is 0. The summed E-state index contributed by atoms with van der Waals surface area (Å²) in [4.78, 5) is 28.8. The summed E-state index contributed by atoms with van der Waals surface area (Å²) in [7, 11) is 0. The maximum Gasteiger partial charge on any atom is 0.275 e. The molecule has 0 aliphatic rings. The topological polar surface area (TPSA) is 101 Å². The molecule has 6 nitrogen and oxygen atoms in total. The summed E-state index contributed by atoms with van der Waals surface area (Å²) >= 11 is 0. The van der Waals surface area contributed by atoms with Crippen LogP contribution in [0.4, 0.5) is 17.3 Å². The number of rotatable bonds is 3. The van der Waals surface area contributed by atoms with Crippen LogP contribution in [0.3, 0.4) is 0 Å². The molecular weight excluding hydrogens is 232 g/mol. The van der Waals surface area contributed by atoms with Crippen LogP contribution in [0, 0.1) is 0 Å². The van der Waals surface area contributed by atoms with E-state index in [1.165, 1.54) is 13.1 Å². The molecule has 2 rings (SSSR count). The normalized spacial score (nSPS) is 10.1. The van der Waals surface area contributed by atoms with E-state index in [1.54, 1.807) is 24.3 Å². The van der Waals surface area contributed by atoms with Crippen molar-refractivity contribution in [3.63, 3.8) is 0 Å². The number of benzene rings is 1. The molecule has 92 valence electrons. The fourth-order valence-electron chi connectivity index (χ4n) is 1.39. The molecule has 0 radical (unpaired) electrons. The zero-order chi connectivity index (χ0) is 13.1. The highest BCUT2D eigenvalue weighted by atomic mass is 16.1. The van der Waals surface area contributed by atoms with E-state index in [4.69, 9.17) is 5.73 Å². The van der Waals surface area contributed by atoms with Crippen molar-refractivity contribution in [1.29, 1.82) is 0 Å². The zero-order valence-corrected chi connectivity index (χ0v) is 9.73. The van der Waals surface area contributed by atoms with Crippen molar-refractivity contribution in [3.05, 3.63) is 46.4 Å². The average molecular weight is 244 g/mol. The molecule has 0 atom stereocenters. The van der Waals surface area contributed by atoms with Crippen LogP contribution in [0.2, 0.25) is 0 Å². The molecule has 2 aromatic rings. The van der Waals surface area contributed by atoms with E-state index in [2.05, 4.69) is 15.3 Å². The number of ketones is 1. The molecule has 1 heterocycles. The maximum absolute atomic E-state index is 11.3. The summed E-state index contributed by atoms with van der Waals surface area (Å²) in [5.41, 5.74) is 6.37. The van der Waals surface area contributed by atoms with Crippen molar-refractivity contribution in [1.82, 2.24) is 9.97 Å². The second kappa shape index (κ2) is 4.70. The number of Topliss-reactive ketones (excluding diaryl/α,β-unsaturated/α-hetero) is 1. The van der Waals surface area contributed by atoms with Gasteiger partial charge in [-0.2, -0.15) is 0 Å². The van der Waals surface area contributed by atoms with Gasteiger partial charge in [0.15, 0.2) is 5.78 Å². The van der Waals surface area contributed by atoms with Crippen LogP contribution in [0.1, 0.15) is 17.3 Å². The van der Waals surface area contributed by atoms with Gasteiger partial charge in [-0.3, -0.25) is 14.6 Å². The Morgan fingerprint density at radius 2 is 2.00 bits per heavy atom. The molecule has 0 aliphatic carbocycles. The predicted molar refractivity (Wildman–Crippen MR) is 69.0 cm³/mol.